The molecular formula is C15H21N3O2. The molecule has 2 N–H and O–H groups in total. The van der Waals surface area contributed by atoms with E-state index in [1.807, 2.05) is 37.2 Å². The van der Waals surface area contributed by atoms with Gasteiger partial charge in [0, 0.05) is 44.4 Å². The lowest BCUT2D eigenvalue weighted by Crippen LogP contribution is -2.35. The Morgan fingerprint density at radius 2 is 1.90 bits per heavy atom. The number of benzene rings is 1. The molecule has 1 aliphatic rings. The van der Waals surface area contributed by atoms with E-state index in [0.29, 0.717) is 18.7 Å². The highest BCUT2D eigenvalue weighted by Crippen LogP contribution is 2.28. The van der Waals surface area contributed by atoms with E-state index in [2.05, 4.69) is 10.6 Å². The van der Waals surface area contributed by atoms with E-state index in [1.165, 1.54) is 0 Å². The van der Waals surface area contributed by atoms with Gasteiger partial charge >= 0.3 is 0 Å². The lowest BCUT2D eigenvalue weighted by molar-refractivity contribution is -0.122. The molecule has 1 saturated carbocycles. The standard InChI is InChI=1S/C15H21N3O2/c1-18(2)13-5-3-4-12(10-13)15(20)17-9-8-16-14(19)11-6-7-11/h3-5,10-11H,6-9H2,1-2H3,(H,16,19)(H,17,20). The van der Waals surface area contributed by atoms with Crippen molar-refractivity contribution < 1.29 is 9.59 Å². The lowest BCUT2D eigenvalue weighted by Gasteiger charge is -2.13. The predicted octanol–water partition coefficient (Wildman–Crippen LogP) is 1.01. The highest BCUT2D eigenvalue weighted by molar-refractivity contribution is 5.95. The number of hydrogen-bond donors (Lipinski definition) is 2. The van der Waals surface area contributed by atoms with Crippen LogP contribution in [0.4, 0.5) is 5.69 Å². The molecule has 1 aromatic carbocycles. The van der Waals surface area contributed by atoms with Crippen LogP contribution in [0, 0.1) is 5.92 Å². The molecule has 0 heterocycles. The highest BCUT2D eigenvalue weighted by Gasteiger charge is 2.28. The van der Waals surface area contributed by atoms with Gasteiger partial charge in [0.05, 0.1) is 0 Å². The van der Waals surface area contributed by atoms with Gasteiger partial charge in [-0.1, -0.05) is 6.07 Å². The molecule has 0 bridgehead atoms. The second-order valence-corrected chi connectivity index (χ2v) is 5.27. The van der Waals surface area contributed by atoms with Crippen LogP contribution in [0.25, 0.3) is 0 Å². The summed E-state index contributed by atoms with van der Waals surface area (Å²) in [4.78, 5) is 25.3. The molecule has 2 amide bonds. The molecule has 108 valence electrons. The van der Waals surface area contributed by atoms with Crippen LogP contribution in [-0.2, 0) is 4.79 Å². The Morgan fingerprint density at radius 1 is 1.20 bits per heavy atom. The Balaban J connectivity index is 1.76. The molecule has 1 aliphatic carbocycles. The van der Waals surface area contributed by atoms with Crippen LogP contribution < -0.4 is 15.5 Å². The zero-order chi connectivity index (χ0) is 14.5. The number of amides is 2. The molecule has 0 spiro atoms. The second-order valence-electron chi connectivity index (χ2n) is 5.27. The molecule has 1 fully saturated rings. The van der Waals surface area contributed by atoms with Crippen molar-refractivity contribution in [2.24, 2.45) is 5.92 Å². The third kappa shape index (κ3) is 3.98. The van der Waals surface area contributed by atoms with Gasteiger partial charge in [-0.2, -0.15) is 0 Å². The Labute approximate surface area is 119 Å². The fourth-order valence-corrected chi connectivity index (χ4v) is 1.88. The van der Waals surface area contributed by atoms with Crippen LogP contribution >= 0.6 is 0 Å². The van der Waals surface area contributed by atoms with Crippen LogP contribution in [-0.4, -0.2) is 39.0 Å². The van der Waals surface area contributed by atoms with Gasteiger partial charge in [0.25, 0.3) is 5.91 Å². The van der Waals surface area contributed by atoms with E-state index in [4.69, 9.17) is 0 Å². The molecular weight excluding hydrogens is 254 g/mol. The minimum Gasteiger partial charge on any atom is -0.378 e. The molecule has 2 rings (SSSR count). The summed E-state index contributed by atoms with van der Waals surface area (Å²) >= 11 is 0. The fourth-order valence-electron chi connectivity index (χ4n) is 1.88. The number of hydrogen-bond acceptors (Lipinski definition) is 3. The zero-order valence-corrected chi connectivity index (χ0v) is 12.0. The van der Waals surface area contributed by atoms with Crippen molar-refractivity contribution in [2.75, 3.05) is 32.1 Å². The van der Waals surface area contributed by atoms with Crippen molar-refractivity contribution in [3.63, 3.8) is 0 Å². The SMILES string of the molecule is CN(C)c1cccc(C(=O)NCCNC(=O)C2CC2)c1. The van der Waals surface area contributed by atoms with Crippen molar-refractivity contribution in [1.29, 1.82) is 0 Å². The summed E-state index contributed by atoms with van der Waals surface area (Å²) in [6.07, 6.45) is 1.99. The minimum atomic E-state index is -0.116. The van der Waals surface area contributed by atoms with Crippen LogP contribution in [0.2, 0.25) is 0 Å². The van der Waals surface area contributed by atoms with Gasteiger partial charge < -0.3 is 15.5 Å². The number of carbonyl (C=O) groups excluding carboxylic acids is 2. The van der Waals surface area contributed by atoms with Crippen LogP contribution in [0.3, 0.4) is 0 Å². The molecule has 5 heteroatoms. The fraction of sp³-hybridized carbons (Fsp3) is 0.467. The van der Waals surface area contributed by atoms with E-state index in [9.17, 15) is 9.59 Å². The van der Waals surface area contributed by atoms with Crippen molar-refractivity contribution in [1.82, 2.24) is 10.6 Å². The molecule has 5 nitrogen and oxygen atoms in total. The molecule has 0 aliphatic heterocycles. The first-order valence-corrected chi connectivity index (χ1v) is 6.91. The van der Waals surface area contributed by atoms with E-state index < -0.39 is 0 Å². The number of carbonyl (C=O) groups is 2. The summed E-state index contributed by atoms with van der Waals surface area (Å²) in [5.41, 5.74) is 1.62. The normalized spacial score (nSPS) is 13.7. The van der Waals surface area contributed by atoms with Gasteiger partial charge in [-0.15, -0.1) is 0 Å². The van der Waals surface area contributed by atoms with Crippen molar-refractivity contribution in [2.45, 2.75) is 12.8 Å². The first-order chi connectivity index (χ1) is 9.58. The van der Waals surface area contributed by atoms with Crippen molar-refractivity contribution in [3.05, 3.63) is 29.8 Å². The maximum absolute atomic E-state index is 12.0. The molecule has 20 heavy (non-hydrogen) atoms. The molecule has 0 aromatic heterocycles. The smallest absolute Gasteiger partial charge is 0.251 e. The summed E-state index contributed by atoms with van der Waals surface area (Å²) in [5, 5.41) is 5.63. The summed E-state index contributed by atoms with van der Waals surface area (Å²) in [6.45, 7) is 0.929. The van der Waals surface area contributed by atoms with E-state index >= 15 is 0 Å². The Bertz CT molecular complexity index is 496. The Morgan fingerprint density at radius 3 is 2.55 bits per heavy atom. The minimum absolute atomic E-state index is 0.105. The Kier molecular flexibility index (Phi) is 4.61. The van der Waals surface area contributed by atoms with E-state index in [1.54, 1.807) is 6.07 Å². The molecule has 0 radical (unpaired) electrons. The van der Waals surface area contributed by atoms with Gasteiger partial charge in [-0.25, -0.2) is 0 Å². The third-order valence-electron chi connectivity index (χ3n) is 3.28. The van der Waals surface area contributed by atoms with Crippen LogP contribution in [0.1, 0.15) is 23.2 Å². The zero-order valence-electron chi connectivity index (χ0n) is 12.0. The van der Waals surface area contributed by atoms with Gasteiger partial charge in [-0.05, 0) is 31.0 Å². The summed E-state index contributed by atoms with van der Waals surface area (Å²) in [7, 11) is 3.87. The van der Waals surface area contributed by atoms with Gasteiger partial charge in [-0.3, -0.25) is 9.59 Å². The average molecular weight is 275 g/mol. The van der Waals surface area contributed by atoms with Gasteiger partial charge in [0.2, 0.25) is 5.91 Å². The number of rotatable bonds is 6. The maximum Gasteiger partial charge on any atom is 0.251 e. The van der Waals surface area contributed by atoms with Gasteiger partial charge in [0.1, 0.15) is 0 Å². The average Bonchev–Trinajstić information content (AvgIpc) is 3.27. The van der Waals surface area contributed by atoms with Crippen molar-refractivity contribution >= 4 is 17.5 Å². The second kappa shape index (κ2) is 6.41. The predicted molar refractivity (Wildman–Crippen MR) is 78.8 cm³/mol. The van der Waals surface area contributed by atoms with E-state index in [-0.39, 0.29) is 17.7 Å². The number of nitrogens with one attached hydrogen (secondary N) is 2. The quantitative estimate of drug-likeness (QED) is 0.762. The number of nitrogens with zero attached hydrogens (tertiary/aromatic N) is 1. The molecule has 1 aromatic rings. The monoisotopic (exact) mass is 275 g/mol. The number of anilines is 1. The first-order valence-electron chi connectivity index (χ1n) is 6.91. The van der Waals surface area contributed by atoms with Gasteiger partial charge in [0.15, 0.2) is 0 Å². The lowest BCUT2D eigenvalue weighted by atomic mass is 10.2. The highest BCUT2D eigenvalue weighted by atomic mass is 16.2. The van der Waals surface area contributed by atoms with Crippen LogP contribution in [0.5, 0.6) is 0 Å². The summed E-state index contributed by atoms with van der Waals surface area (Å²) < 4.78 is 0. The summed E-state index contributed by atoms with van der Waals surface area (Å²) in [5.74, 6) is 0.200. The molecule has 0 atom stereocenters. The summed E-state index contributed by atoms with van der Waals surface area (Å²) in [6, 6.07) is 7.44. The third-order valence-corrected chi connectivity index (χ3v) is 3.28. The molecule has 0 unspecified atom stereocenters. The maximum atomic E-state index is 12.0. The van der Waals surface area contributed by atoms with Crippen molar-refractivity contribution in [3.8, 4) is 0 Å². The molecule has 0 saturated heterocycles. The Hall–Kier alpha value is -2.04. The first kappa shape index (κ1) is 14.4. The largest absolute Gasteiger partial charge is 0.378 e. The van der Waals surface area contributed by atoms with E-state index in [0.717, 1.165) is 18.5 Å². The topological polar surface area (TPSA) is 61.4 Å². The van der Waals surface area contributed by atoms with Crippen LogP contribution in [0.15, 0.2) is 24.3 Å².